The van der Waals surface area contributed by atoms with E-state index in [0.717, 1.165) is 10.6 Å². The Morgan fingerprint density at radius 2 is 2.35 bits per heavy atom. The maximum absolute atomic E-state index is 11.5. The van der Waals surface area contributed by atoms with Crippen molar-refractivity contribution in [2.24, 2.45) is 0 Å². The number of urea groups is 1. The van der Waals surface area contributed by atoms with E-state index in [1.54, 1.807) is 18.2 Å². The van der Waals surface area contributed by atoms with Crippen molar-refractivity contribution in [1.82, 2.24) is 5.06 Å². The molecule has 0 saturated carbocycles. The van der Waals surface area contributed by atoms with E-state index in [0.29, 0.717) is 10.7 Å². The van der Waals surface area contributed by atoms with Crippen LogP contribution in [0.3, 0.4) is 0 Å². The van der Waals surface area contributed by atoms with Gasteiger partial charge in [-0.05, 0) is 17.7 Å². The second-order valence-electron chi connectivity index (χ2n) is 3.26. The van der Waals surface area contributed by atoms with Gasteiger partial charge in [0.1, 0.15) is 0 Å². The summed E-state index contributed by atoms with van der Waals surface area (Å²) in [7, 11) is 2.87. The van der Waals surface area contributed by atoms with Gasteiger partial charge in [0, 0.05) is 7.05 Å². The second kappa shape index (κ2) is 6.09. The SMILES string of the molecule is CON(C)C(=O)Nc1ccc(CC#N)cc1Cl. The molecule has 0 aliphatic rings. The highest BCUT2D eigenvalue weighted by Crippen LogP contribution is 2.23. The van der Waals surface area contributed by atoms with Gasteiger partial charge in [-0.2, -0.15) is 5.26 Å². The van der Waals surface area contributed by atoms with Crippen molar-refractivity contribution in [2.45, 2.75) is 6.42 Å². The van der Waals surface area contributed by atoms with Gasteiger partial charge in [-0.1, -0.05) is 17.7 Å². The molecule has 0 aromatic heterocycles. The largest absolute Gasteiger partial charge is 0.345 e. The van der Waals surface area contributed by atoms with E-state index in [9.17, 15) is 4.79 Å². The minimum atomic E-state index is -0.428. The first-order valence-electron chi connectivity index (χ1n) is 4.82. The maximum Gasteiger partial charge on any atom is 0.345 e. The number of carbonyl (C=O) groups excluding carboxylic acids is 1. The maximum atomic E-state index is 11.5. The smallest absolute Gasteiger partial charge is 0.305 e. The van der Waals surface area contributed by atoms with Crippen LogP contribution < -0.4 is 5.32 Å². The molecule has 0 atom stereocenters. The Balaban J connectivity index is 2.80. The van der Waals surface area contributed by atoms with E-state index in [1.165, 1.54) is 14.2 Å². The normalized spacial score (nSPS) is 9.53. The van der Waals surface area contributed by atoms with Gasteiger partial charge in [-0.25, -0.2) is 9.86 Å². The van der Waals surface area contributed by atoms with Crippen molar-refractivity contribution in [3.8, 4) is 6.07 Å². The highest BCUT2D eigenvalue weighted by Gasteiger charge is 2.10. The lowest BCUT2D eigenvalue weighted by molar-refractivity contribution is -0.0598. The number of nitriles is 1. The van der Waals surface area contributed by atoms with Crippen molar-refractivity contribution >= 4 is 23.3 Å². The number of hydroxylamine groups is 2. The third kappa shape index (κ3) is 3.63. The number of nitrogens with zero attached hydrogens (tertiary/aromatic N) is 2. The topological polar surface area (TPSA) is 65.4 Å². The van der Waals surface area contributed by atoms with E-state index >= 15 is 0 Å². The molecule has 2 amide bonds. The molecule has 0 radical (unpaired) electrons. The lowest BCUT2D eigenvalue weighted by Gasteiger charge is -2.15. The predicted octanol–water partition coefficient (Wildman–Crippen LogP) is 2.43. The van der Waals surface area contributed by atoms with Crippen LogP contribution in [0.15, 0.2) is 18.2 Å². The molecule has 1 N–H and O–H groups in total. The first-order valence-corrected chi connectivity index (χ1v) is 5.20. The fraction of sp³-hybridized carbons (Fsp3) is 0.273. The number of nitrogens with one attached hydrogen (secondary N) is 1. The molecule has 5 nitrogen and oxygen atoms in total. The zero-order valence-electron chi connectivity index (χ0n) is 9.53. The Hall–Kier alpha value is -1.77. The zero-order valence-corrected chi connectivity index (χ0v) is 10.3. The van der Waals surface area contributed by atoms with Crippen LogP contribution >= 0.6 is 11.6 Å². The van der Waals surface area contributed by atoms with Crippen LogP contribution in [-0.4, -0.2) is 25.3 Å². The lowest BCUT2D eigenvalue weighted by atomic mass is 10.1. The molecule has 6 heteroatoms. The standard InChI is InChI=1S/C11H12ClN3O2/c1-15(17-2)11(16)14-10-4-3-8(5-6-13)7-9(10)12/h3-4,7H,5H2,1-2H3,(H,14,16). The highest BCUT2D eigenvalue weighted by atomic mass is 35.5. The molecule has 1 aromatic rings. The van der Waals surface area contributed by atoms with Crippen LogP contribution in [0.25, 0.3) is 0 Å². The number of amides is 2. The minimum absolute atomic E-state index is 0.284. The van der Waals surface area contributed by atoms with Crippen molar-refractivity contribution in [3.05, 3.63) is 28.8 Å². The van der Waals surface area contributed by atoms with Crippen LogP contribution in [0, 0.1) is 11.3 Å². The van der Waals surface area contributed by atoms with Crippen molar-refractivity contribution in [1.29, 1.82) is 5.26 Å². The molecule has 0 aliphatic carbocycles. The van der Waals surface area contributed by atoms with E-state index in [4.69, 9.17) is 21.7 Å². The number of hydrogen-bond donors (Lipinski definition) is 1. The number of carbonyl (C=O) groups is 1. The van der Waals surface area contributed by atoms with Crippen LogP contribution in [0.2, 0.25) is 5.02 Å². The molecule has 0 heterocycles. The molecular formula is C11H12ClN3O2. The quantitative estimate of drug-likeness (QED) is 0.842. The molecule has 0 saturated heterocycles. The molecule has 90 valence electrons. The Labute approximate surface area is 104 Å². The summed E-state index contributed by atoms with van der Waals surface area (Å²) in [5.74, 6) is 0. The first kappa shape index (κ1) is 13.3. The average Bonchev–Trinajstić information content (AvgIpc) is 2.31. The van der Waals surface area contributed by atoms with Gasteiger partial charge in [-0.3, -0.25) is 4.84 Å². The summed E-state index contributed by atoms with van der Waals surface area (Å²) >= 11 is 5.97. The summed E-state index contributed by atoms with van der Waals surface area (Å²) in [6.07, 6.45) is 0.284. The zero-order chi connectivity index (χ0) is 12.8. The van der Waals surface area contributed by atoms with Crippen LogP contribution in [0.1, 0.15) is 5.56 Å². The monoisotopic (exact) mass is 253 g/mol. The van der Waals surface area contributed by atoms with Gasteiger partial charge in [0.15, 0.2) is 0 Å². The van der Waals surface area contributed by atoms with Crippen LogP contribution in [0.5, 0.6) is 0 Å². The number of halogens is 1. The van der Waals surface area contributed by atoms with Crippen molar-refractivity contribution < 1.29 is 9.63 Å². The van der Waals surface area contributed by atoms with Crippen molar-refractivity contribution in [2.75, 3.05) is 19.5 Å². The summed E-state index contributed by atoms with van der Waals surface area (Å²) in [4.78, 5) is 16.2. The van der Waals surface area contributed by atoms with E-state index < -0.39 is 6.03 Å². The van der Waals surface area contributed by atoms with E-state index in [-0.39, 0.29) is 6.42 Å². The molecule has 0 aliphatic heterocycles. The summed E-state index contributed by atoms with van der Waals surface area (Å²) in [6, 6.07) is 6.63. The number of benzene rings is 1. The molecule has 1 aromatic carbocycles. The molecule has 1 rings (SSSR count). The number of rotatable bonds is 3. The Kier molecular flexibility index (Phi) is 4.76. The Bertz CT molecular complexity index is 457. The minimum Gasteiger partial charge on any atom is -0.305 e. The summed E-state index contributed by atoms with van der Waals surface area (Å²) in [5.41, 5.74) is 1.28. The molecular weight excluding hydrogens is 242 g/mol. The van der Waals surface area contributed by atoms with Gasteiger partial charge in [0.2, 0.25) is 0 Å². The van der Waals surface area contributed by atoms with Gasteiger partial charge in [0.25, 0.3) is 0 Å². The highest BCUT2D eigenvalue weighted by molar-refractivity contribution is 6.33. The second-order valence-corrected chi connectivity index (χ2v) is 3.67. The van der Waals surface area contributed by atoms with Gasteiger partial charge in [0.05, 0.1) is 30.3 Å². The van der Waals surface area contributed by atoms with Crippen LogP contribution in [-0.2, 0) is 11.3 Å². The molecule has 0 spiro atoms. The average molecular weight is 254 g/mol. The summed E-state index contributed by atoms with van der Waals surface area (Å²) in [6.45, 7) is 0. The third-order valence-corrected chi connectivity index (χ3v) is 2.43. The first-order chi connectivity index (χ1) is 8.08. The van der Waals surface area contributed by atoms with Gasteiger partial charge < -0.3 is 5.32 Å². The summed E-state index contributed by atoms with van der Waals surface area (Å²) in [5, 5.41) is 12.5. The predicted molar refractivity (Wildman–Crippen MR) is 64.6 cm³/mol. The Morgan fingerprint density at radius 3 is 2.88 bits per heavy atom. The molecule has 17 heavy (non-hydrogen) atoms. The molecule has 0 unspecified atom stereocenters. The number of hydrogen-bond acceptors (Lipinski definition) is 3. The van der Waals surface area contributed by atoms with Gasteiger partial charge in [-0.15, -0.1) is 0 Å². The lowest BCUT2D eigenvalue weighted by Crippen LogP contribution is -2.30. The van der Waals surface area contributed by atoms with E-state index in [1.807, 2.05) is 6.07 Å². The third-order valence-electron chi connectivity index (χ3n) is 2.12. The number of anilines is 1. The van der Waals surface area contributed by atoms with Crippen LogP contribution in [0.4, 0.5) is 10.5 Å². The molecule has 0 bridgehead atoms. The summed E-state index contributed by atoms with van der Waals surface area (Å²) < 4.78 is 0. The van der Waals surface area contributed by atoms with Gasteiger partial charge >= 0.3 is 6.03 Å². The van der Waals surface area contributed by atoms with E-state index in [2.05, 4.69) is 5.32 Å². The molecule has 0 fully saturated rings. The fourth-order valence-corrected chi connectivity index (χ4v) is 1.39. The van der Waals surface area contributed by atoms with Crippen molar-refractivity contribution in [3.63, 3.8) is 0 Å². The Morgan fingerprint density at radius 1 is 1.65 bits per heavy atom. The fourth-order valence-electron chi connectivity index (χ4n) is 1.14.